The Bertz CT molecular complexity index is 999. The Morgan fingerprint density at radius 1 is 1.23 bits per heavy atom. The highest BCUT2D eigenvalue weighted by molar-refractivity contribution is 5.99. The van der Waals surface area contributed by atoms with Gasteiger partial charge in [-0.3, -0.25) is 0 Å². The normalized spacial score (nSPS) is 15.1. The predicted octanol–water partition coefficient (Wildman–Crippen LogP) is 3.72. The van der Waals surface area contributed by atoms with Crippen molar-refractivity contribution in [2.24, 2.45) is 0 Å². The first-order chi connectivity index (χ1) is 12.7. The van der Waals surface area contributed by atoms with Gasteiger partial charge in [-0.2, -0.15) is 5.26 Å². The van der Waals surface area contributed by atoms with Crippen LogP contribution < -0.4 is 10.1 Å². The molecule has 1 fully saturated rings. The maximum atomic E-state index is 13.9. The van der Waals surface area contributed by atoms with Crippen molar-refractivity contribution in [3.05, 3.63) is 47.5 Å². The number of methoxy groups -OCH3 is 1. The van der Waals surface area contributed by atoms with Gasteiger partial charge in [0.1, 0.15) is 23.3 Å². The first-order valence-electron chi connectivity index (χ1n) is 8.68. The van der Waals surface area contributed by atoms with Crippen molar-refractivity contribution in [2.45, 2.75) is 18.8 Å². The summed E-state index contributed by atoms with van der Waals surface area (Å²) in [4.78, 5) is 7.76. The Labute approximate surface area is 150 Å². The van der Waals surface area contributed by atoms with Crippen molar-refractivity contribution in [3.8, 4) is 22.9 Å². The van der Waals surface area contributed by atoms with Gasteiger partial charge in [0.25, 0.3) is 0 Å². The van der Waals surface area contributed by atoms with Gasteiger partial charge in [0, 0.05) is 28.8 Å². The van der Waals surface area contributed by atoms with Gasteiger partial charge >= 0.3 is 0 Å². The molecule has 6 heteroatoms. The molecule has 1 aliphatic heterocycles. The highest BCUT2D eigenvalue weighted by atomic mass is 19.1. The Kier molecular flexibility index (Phi) is 4.31. The molecule has 3 aromatic rings. The molecule has 0 aliphatic carbocycles. The minimum absolute atomic E-state index is 0.294. The van der Waals surface area contributed by atoms with Crippen LogP contribution in [-0.4, -0.2) is 30.2 Å². The zero-order chi connectivity index (χ0) is 18.1. The van der Waals surface area contributed by atoms with E-state index in [-0.39, 0.29) is 5.82 Å². The van der Waals surface area contributed by atoms with Crippen LogP contribution in [-0.2, 0) is 0 Å². The molecule has 2 aromatic heterocycles. The second-order valence-corrected chi connectivity index (χ2v) is 6.48. The number of nitriles is 1. The van der Waals surface area contributed by atoms with Gasteiger partial charge in [0.05, 0.1) is 12.7 Å². The van der Waals surface area contributed by atoms with Gasteiger partial charge in [-0.1, -0.05) is 0 Å². The van der Waals surface area contributed by atoms with Gasteiger partial charge < -0.3 is 15.0 Å². The molecule has 0 saturated carbocycles. The molecular weight excluding hydrogens is 331 g/mol. The van der Waals surface area contributed by atoms with Crippen LogP contribution in [0.15, 0.2) is 30.5 Å². The summed E-state index contributed by atoms with van der Waals surface area (Å²) in [6.07, 6.45) is 3.62. The van der Waals surface area contributed by atoms with Crippen molar-refractivity contribution in [1.82, 2.24) is 15.3 Å². The van der Waals surface area contributed by atoms with E-state index in [1.54, 1.807) is 25.4 Å². The van der Waals surface area contributed by atoms with Crippen LogP contribution in [0.25, 0.3) is 22.2 Å². The molecule has 4 rings (SSSR count). The topological polar surface area (TPSA) is 73.7 Å². The average Bonchev–Trinajstić information content (AvgIpc) is 3.07. The fourth-order valence-corrected chi connectivity index (χ4v) is 3.78. The van der Waals surface area contributed by atoms with E-state index in [0.717, 1.165) is 42.6 Å². The first-order valence-corrected chi connectivity index (χ1v) is 8.68. The van der Waals surface area contributed by atoms with Crippen molar-refractivity contribution in [1.29, 1.82) is 5.26 Å². The number of rotatable bonds is 3. The third kappa shape index (κ3) is 2.71. The molecule has 1 saturated heterocycles. The molecule has 3 heterocycles. The van der Waals surface area contributed by atoms with E-state index in [1.807, 2.05) is 0 Å². The van der Waals surface area contributed by atoms with Crippen LogP contribution in [0.2, 0.25) is 0 Å². The number of hydrogen-bond donors (Lipinski definition) is 2. The number of piperidine rings is 1. The van der Waals surface area contributed by atoms with E-state index in [2.05, 4.69) is 21.4 Å². The molecule has 0 atom stereocenters. The van der Waals surface area contributed by atoms with Crippen LogP contribution in [0.3, 0.4) is 0 Å². The Morgan fingerprint density at radius 2 is 2.04 bits per heavy atom. The summed E-state index contributed by atoms with van der Waals surface area (Å²) >= 11 is 0. The van der Waals surface area contributed by atoms with Crippen LogP contribution in [0, 0.1) is 17.1 Å². The highest BCUT2D eigenvalue weighted by Gasteiger charge is 2.25. The number of benzene rings is 1. The molecule has 0 spiro atoms. The molecule has 0 radical (unpaired) electrons. The van der Waals surface area contributed by atoms with Gasteiger partial charge in [0.15, 0.2) is 0 Å². The predicted molar refractivity (Wildman–Crippen MR) is 97.6 cm³/mol. The summed E-state index contributed by atoms with van der Waals surface area (Å²) in [5.41, 5.74) is 3.55. The lowest BCUT2D eigenvalue weighted by molar-refractivity contribution is 0.415. The largest absolute Gasteiger partial charge is 0.496 e. The first kappa shape index (κ1) is 16.6. The lowest BCUT2D eigenvalue weighted by Gasteiger charge is -2.21. The highest BCUT2D eigenvalue weighted by Crippen LogP contribution is 2.39. The van der Waals surface area contributed by atoms with Gasteiger partial charge in [-0.05, 0) is 55.8 Å². The molecule has 0 amide bonds. The molecule has 2 N–H and O–H groups in total. The summed E-state index contributed by atoms with van der Waals surface area (Å²) in [5.74, 6) is 0.508. The van der Waals surface area contributed by atoms with Crippen molar-refractivity contribution < 1.29 is 9.13 Å². The maximum Gasteiger partial charge on any atom is 0.139 e. The number of halogens is 1. The van der Waals surface area contributed by atoms with Crippen LogP contribution in [0.5, 0.6) is 5.75 Å². The van der Waals surface area contributed by atoms with E-state index >= 15 is 0 Å². The lowest BCUT2D eigenvalue weighted by Crippen LogP contribution is -2.27. The van der Waals surface area contributed by atoms with Gasteiger partial charge in [0.2, 0.25) is 0 Å². The number of ether oxygens (including phenoxy) is 1. The summed E-state index contributed by atoms with van der Waals surface area (Å²) in [7, 11) is 1.55. The summed E-state index contributed by atoms with van der Waals surface area (Å²) in [5, 5.41) is 13.9. The van der Waals surface area contributed by atoms with Crippen molar-refractivity contribution >= 4 is 11.0 Å². The number of pyridine rings is 1. The number of aromatic amines is 1. The maximum absolute atomic E-state index is 13.9. The van der Waals surface area contributed by atoms with Crippen LogP contribution >= 0.6 is 0 Å². The monoisotopic (exact) mass is 350 g/mol. The molecule has 132 valence electrons. The summed E-state index contributed by atoms with van der Waals surface area (Å²) < 4.78 is 19.3. The van der Waals surface area contributed by atoms with Crippen molar-refractivity contribution in [3.63, 3.8) is 0 Å². The van der Waals surface area contributed by atoms with Crippen LogP contribution in [0.1, 0.15) is 30.0 Å². The minimum Gasteiger partial charge on any atom is -0.496 e. The Hall–Kier alpha value is -2.91. The third-order valence-electron chi connectivity index (χ3n) is 5.03. The fraction of sp³-hybridized carbons (Fsp3) is 0.300. The van der Waals surface area contributed by atoms with Gasteiger partial charge in [-0.25, -0.2) is 9.37 Å². The van der Waals surface area contributed by atoms with E-state index in [0.29, 0.717) is 28.4 Å². The van der Waals surface area contributed by atoms with E-state index < -0.39 is 0 Å². The molecule has 26 heavy (non-hydrogen) atoms. The second kappa shape index (κ2) is 6.77. The molecular formula is C20H19FN4O. The number of aromatic nitrogens is 2. The van der Waals surface area contributed by atoms with E-state index in [9.17, 15) is 9.65 Å². The molecule has 0 unspecified atom stereocenters. The van der Waals surface area contributed by atoms with Crippen molar-refractivity contribution in [2.75, 3.05) is 20.2 Å². The molecule has 5 nitrogen and oxygen atoms in total. The molecule has 1 aromatic carbocycles. The standard InChI is InChI=1S/C20H19FN4O/c1-26-17-3-2-13(21)10-15(17)14-6-9-24-20-18(14)16(11-22)19(25-20)12-4-7-23-8-5-12/h2-3,6,9-10,12,23H,4-5,7-8H2,1H3,(H,24,25). The smallest absolute Gasteiger partial charge is 0.139 e. The average molecular weight is 350 g/mol. The Morgan fingerprint density at radius 3 is 2.77 bits per heavy atom. The minimum atomic E-state index is -0.349. The number of nitrogens with zero attached hydrogens (tertiary/aromatic N) is 2. The quantitative estimate of drug-likeness (QED) is 0.755. The fourth-order valence-electron chi connectivity index (χ4n) is 3.78. The third-order valence-corrected chi connectivity index (χ3v) is 5.03. The zero-order valence-electron chi connectivity index (χ0n) is 14.5. The molecule has 0 bridgehead atoms. The second-order valence-electron chi connectivity index (χ2n) is 6.48. The number of hydrogen-bond acceptors (Lipinski definition) is 4. The SMILES string of the molecule is COc1ccc(F)cc1-c1ccnc2[nH]c(C3CCNCC3)c(C#N)c12. The summed E-state index contributed by atoms with van der Waals surface area (Å²) in [6, 6.07) is 8.56. The number of fused-ring (bicyclic) bond motifs is 1. The Balaban J connectivity index is 1.96. The van der Waals surface area contributed by atoms with Gasteiger partial charge in [-0.15, -0.1) is 0 Å². The molecule has 1 aliphatic rings. The van der Waals surface area contributed by atoms with E-state index in [4.69, 9.17) is 4.74 Å². The summed E-state index contributed by atoms with van der Waals surface area (Å²) in [6.45, 7) is 1.87. The van der Waals surface area contributed by atoms with Crippen LogP contribution in [0.4, 0.5) is 4.39 Å². The zero-order valence-corrected chi connectivity index (χ0v) is 14.5. The lowest BCUT2D eigenvalue weighted by atomic mass is 9.91. The van der Waals surface area contributed by atoms with E-state index in [1.165, 1.54) is 12.1 Å². The number of H-pyrrole nitrogens is 1. The number of nitrogens with one attached hydrogen (secondary N) is 2.